The van der Waals surface area contributed by atoms with Crippen LogP contribution in [0.2, 0.25) is 0 Å². The molecule has 0 aliphatic carbocycles. The summed E-state index contributed by atoms with van der Waals surface area (Å²) in [6.07, 6.45) is 0. The maximum atomic E-state index is 10.7. The predicted molar refractivity (Wildman–Crippen MR) is 63.1 cm³/mol. The van der Waals surface area contributed by atoms with E-state index in [0.29, 0.717) is 13.1 Å². The summed E-state index contributed by atoms with van der Waals surface area (Å²) in [4.78, 5) is 10.7. The van der Waals surface area contributed by atoms with E-state index in [2.05, 4.69) is 21.2 Å². The zero-order chi connectivity index (χ0) is 11.3. The molecule has 0 unspecified atom stereocenters. The van der Waals surface area contributed by atoms with E-state index in [-0.39, 0.29) is 5.78 Å². The average Bonchev–Trinajstić information content (AvgIpc) is 2.17. The highest BCUT2D eigenvalue weighted by molar-refractivity contribution is 9.10. The highest BCUT2D eigenvalue weighted by atomic mass is 79.9. The first-order valence-electron chi connectivity index (χ1n) is 4.66. The van der Waals surface area contributed by atoms with Crippen LogP contribution in [0, 0.1) is 0 Å². The first-order chi connectivity index (χ1) is 7.13. The second-order valence-corrected chi connectivity index (χ2v) is 4.13. The van der Waals surface area contributed by atoms with Crippen molar-refractivity contribution in [2.75, 3.05) is 13.7 Å². The van der Waals surface area contributed by atoms with E-state index in [9.17, 15) is 4.79 Å². The van der Waals surface area contributed by atoms with Gasteiger partial charge < -0.3 is 10.1 Å². The molecule has 1 N–H and O–H groups in total. The fourth-order valence-electron chi connectivity index (χ4n) is 1.20. The van der Waals surface area contributed by atoms with Crippen molar-refractivity contribution in [1.82, 2.24) is 5.32 Å². The molecule has 0 heterocycles. The normalized spacial score (nSPS) is 10.1. The summed E-state index contributed by atoms with van der Waals surface area (Å²) in [7, 11) is 1.63. The third-order valence-electron chi connectivity index (χ3n) is 1.92. The van der Waals surface area contributed by atoms with Crippen LogP contribution in [-0.2, 0) is 11.3 Å². The third kappa shape index (κ3) is 4.01. The second kappa shape index (κ2) is 5.88. The molecule has 0 fully saturated rings. The molecule has 4 heteroatoms. The van der Waals surface area contributed by atoms with Gasteiger partial charge in [-0.15, -0.1) is 0 Å². The molecule has 0 radical (unpaired) electrons. The van der Waals surface area contributed by atoms with Crippen LogP contribution in [0.3, 0.4) is 0 Å². The van der Waals surface area contributed by atoms with E-state index in [1.807, 2.05) is 18.2 Å². The molecule has 1 aromatic rings. The number of carbonyl (C=O) groups is 1. The Bertz CT molecular complexity index is 352. The summed E-state index contributed by atoms with van der Waals surface area (Å²) < 4.78 is 6.04. The molecule has 0 aliphatic heterocycles. The van der Waals surface area contributed by atoms with Crippen molar-refractivity contribution in [3.05, 3.63) is 28.2 Å². The molecule has 1 aromatic carbocycles. The molecule has 0 saturated carbocycles. The summed E-state index contributed by atoms with van der Waals surface area (Å²) in [5.74, 6) is 0.952. The second-order valence-electron chi connectivity index (χ2n) is 3.27. The number of benzene rings is 1. The van der Waals surface area contributed by atoms with Crippen LogP contribution in [0.4, 0.5) is 0 Å². The number of ether oxygens (including phenoxy) is 1. The number of halogens is 1. The van der Waals surface area contributed by atoms with Crippen LogP contribution in [0.5, 0.6) is 5.75 Å². The monoisotopic (exact) mass is 271 g/mol. The predicted octanol–water partition coefficient (Wildman–Crippen LogP) is 2.14. The number of nitrogens with one attached hydrogen (secondary N) is 1. The molecule has 0 aromatic heterocycles. The number of Topliss-reactive ketones (excluding diaryl/α,β-unsaturated/α-hetero) is 1. The first-order valence-corrected chi connectivity index (χ1v) is 5.45. The minimum atomic E-state index is 0.141. The Balaban J connectivity index is 2.55. The van der Waals surface area contributed by atoms with E-state index >= 15 is 0 Å². The van der Waals surface area contributed by atoms with Crippen molar-refractivity contribution in [3.8, 4) is 5.75 Å². The van der Waals surface area contributed by atoms with Crippen molar-refractivity contribution in [1.29, 1.82) is 0 Å². The summed E-state index contributed by atoms with van der Waals surface area (Å²) in [5.41, 5.74) is 1.11. The van der Waals surface area contributed by atoms with Gasteiger partial charge in [0.15, 0.2) is 0 Å². The van der Waals surface area contributed by atoms with Crippen LogP contribution < -0.4 is 10.1 Å². The molecule has 0 amide bonds. The highest BCUT2D eigenvalue weighted by Crippen LogP contribution is 2.25. The minimum absolute atomic E-state index is 0.141. The van der Waals surface area contributed by atoms with Crippen molar-refractivity contribution >= 4 is 21.7 Å². The third-order valence-corrected chi connectivity index (χ3v) is 2.54. The van der Waals surface area contributed by atoms with Crippen LogP contribution >= 0.6 is 15.9 Å². The Hall–Kier alpha value is -0.870. The van der Waals surface area contributed by atoms with Gasteiger partial charge in [0.2, 0.25) is 0 Å². The van der Waals surface area contributed by atoms with Gasteiger partial charge in [0.05, 0.1) is 18.1 Å². The van der Waals surface area contributed by atoms with E-state index in [1.54, 1.807) is 14.0 Å². The molecular formula is C11H14BrNO2. The number of methoxy groups -OCH3 is 1. The van der Waals surface area contributed by atoms with Gasteiger partial charge in [-0.05, 0) is 40.5 Å². The molecule has 0 saturated heterocycles. The van der Waals surface area contributed by atoms with Crippen LogP contribution in [0.15, 0.2) is 22.7 Å². The van der Waals surface area contributed by atoms with Crippen molar-refractivity contribution in [3.63, 3.8) is 0 Å². The van der Waals surface area contributed by atoms with E-state index in [0.717, 1.165) is 15.8 Å². The maximum Gasteiger partial charge on any atom is 0.143 e. The van der Waals surface area contributed by atoms with Crippen LogP contribution in [0.25, 0.3) is 0 Å². The fraction of sp³-hybridized carbons (Fsp3) is 0.364. The molecule has 15 heavy (non-hydrogen) atoms. The summed E-state index contributed by atoms with van der Waals surface area (Å²) in [5, 5.41) is 3.05. The zero-order valence-electron chi connectivity index (χ0n) is 8.84. The Labute approximate surface area is 97.9 Å². The molecule has 0 spiro atoms. The molecule has 3 nitrogen and oxygen atoms in total. The topological polar surface area (TPSA) is 38.3 Å². The van der Waals surface area contributed by atoms with Crippen molar-refractivity contribution in [2.24, 2.45) is 0 Å². The summed E-state index contributed by atoms with van der Waals surface area (Å²) in [6, 6.07) is 5.84. The number of hydrogen-bond donors (Lipinski definition) is 1. The maximum absolute atomic E-state index is 10.7. The molecule has 0 bridgehead atoms. The average molecular weight is 272 g/mol. The van der Waals surface area contributed by atoms with Gasteiger partial charge >= 0.3 is 0 Å². The van der Waals surface area contributed by atoms with Gasteiger partial charge in [-0.25, -0.2) is 0 Å². The Morgan fingerprint density at radius 3 is 2.80 bits per heavy atom. The van der Waals surface area contributed by atoms with Crippen LogP contribution in [0.1, 0.15) is 12.5 Å². The lowest BCUT2D eigenvalue weighted by molar-refractivity contribution is -0.116. The van der Waals surface area contributed by atoms with Crippen molar-refractivity contribution < 1.29 is 9.53 Å². The Morgan fingerprint density at radius 1 is 1.53 bits per heavy atom. The van der Waals surface area contributed by atoms with Gasteiger partial charge in [0.25, 0.3) is 0 Å². The van der Waals surface area contributed by atoms with Crippen molar-refractivity contribution in [2.45, 2.75) is 13.5 Å². The Morgan fingerprint density at radius 2 is 2.27 bits per heavy atom. The van der Waals surface area contributed by atoms with Gasteiger partial charge in [-0.2, -0.15) is 0 Å². The van der Waals surface area contributed by atoms with Gasteiger partial charge in [0.1, 0.15) is 11.5 Å². The van der Waals surface area contributed by atoms with Gasteiger partial charge in [-0.1, -0.05) is 6.07 Å². The minimum Gasteiger partial charge on any atom is -0.496 e. The summed E-state index contributed by atoms with van der Waals surface area (Å²) in [6.45, 7) is 2.66. The lowest BCUT2D eigenvalue weighted by Gasteiger charge is -2.06. The Kier molecular flexibility index (Phi) is 4.78. The molecule has 0 aliphatic rings. The fourth-order valence-corrected chi connectivity index (χ4v) is 1.79. The SMILES string of the molecule is COc1ccc(CNCC(C)=O)cc1Br. The highest BCUT2D eigenvalue weighted by Gasteiger charge is 2.01. The largest absolute Gasteiger partial charge is 0.496 e. The lowest BCUT2D eigenvalue weighted by atomic mass is 10.2. The number of rotatable bonds is 5. The number of ketones is 1. The summed E-state index contributed by atoms with van der Waals surface area (Å²) >= 11 is 3.41. The lowest BCUT2D eigenvalue weighted by Crippen LogP contribution is -2.20. The first kappa shape index (κ1) is 12.2. The van der Waals surface area contributed by atoms with Gasteiger partial charge in [-0.3, -0.25) is 4.79 Å². The molecular weight excluding hydrogens is 258 g/mol. The standard InChI is InChI=1S/C11H14BrNO2/c1-8(14)6-13-7-9-3-4-11(15-2)10(12)5-9/h3-5,13H,6-7H2,1-2H3. The molecule has 82 valence electrons. The number of carbonyl (C=O) groups excluding carboxylic acids is 1. The van der Waals surface area contributed by atoms with Gasteiger partial charge in [0, 0.05) is 6.54 Å². The van der Waals surface area contributed by atoms with E-state index in [1.165, 1.54) is 0 Å². The smallest absolute Gasteiger partial charge is 0.143 e. The van der Waals surface area contributed by atoms with E-state index in [4.69, 9.17) is 4.74 Å². The number of hydrogen-bond acceptors (Lipinski definition) is 3. The zero-order valence-corrected chi connectivity index (χ0v) is 10.4. The quantitative estimate of drug-likeness (QED) is 0.892. The molecule has 0 atom stereocenters. The molecule has 1 rings (SSSR count). The van der Waals surface area contributed by atoms with Crippen LogP contribution in [-0.4, -0.2) is 19.4 Å². The van der Waals surface area contributed by atoms with E-state index < -0.39 is 0 Å².